The largest absolute Gasteiger partial charge is 0.328 e. The topological polar surface area (TPSA) is 41.3 Å². The highest BCUT2D eigenvalue weighted by Gasteiger charge is 2.17. The first kappa shape index (κ1) is 12.3. The normalized spacial score (nSPS) is 32.1. The number of hydrogen-bond acceptors (Lipinski definition) is 3. The van der Waals surface area contributed by atoms with Crippen LogP contribution in [0.2, 0.25) is 0 Å². The minimum atomic E-state index is 0.475. The first-order valence-corrected chi connectivity index (χ1v) is 7.06. The number of nitrogens with two attached hydrogens (primary N) is 1. The number of rotatable bonds is 5. The highest BCUT2D eigenvalue weighted by Crippen LogP contribution is 2.16. The first-order valence-electron chi connectivity index (χ1n) is 7.06. The molecule has 1 aliphatic carbocycles. The molecule has 0 spiro atoms. The Labute approximate surface area is 99.8 Å². The molecule has 94 valence electrons. The van der Waals surface area contributed by atoms with Crippen molar-refractivity contribution < 1.29 is 0 Å². The standard InChI is InChI=1S/C13H27N3/c14-12-4-6-13(7-5-12)15-8-3-11-16-9-1-2-10-16/h12-13,15H,1-11,14H2. The van der Waals surface area contributed by atoms with Crippen molar-refractivity contribution in [2.45, 2.75) is 57.0 Å². The van der Waals surface area contributed by atoms with Gasteiger partial charge in [0.1, 0.15) is 0 Å². The van der Waals surface area contributed by atoms with Crippen LogP contribution >= 0.6 is 0 Å². The molecule has 2 aliphatic rings. The van der Waals surface area contributed by atoms with Crippen molar-refractivity contribution in [1.29, 1.82) is 0 Å². The quantitative estimate of drug-likeness (QED) is 0.694. The molecule has 1 saturated carbocycles. The summed E-state index contributed by atoms with van der Waals surface area (Å²) in [7, 11) is 0. The van der Waals surface area contributed by atoms with Crippen molar-refractivity contribution in [3.63, 3.8) is 0 Å². The summed E-state index contributed by atoms with van der Waals surface area (Å²) >= 11 is 0. The van der Waals surface area contributed by atoms with E-state index in [1.54, 1.807) is 0 Å². The highest BCUT2D eigenvalue weighted by atomic mass is 15.1. The lowest BCUT2D eigenvalue weighted by atomic mass is 9.92. The van der Waals surface area contributed by atoms with Gasteiger partial charge in [0, 0.05) is 12.1 Å². The second-order valence-electron chi connectivity index (χ2n) is 5.47. The fraction of sp³-hybridized carbons (Fsp3) is 1.00. The first-order chi connectivity index (χ1) is 7.84. The predicted octanol–water partition coefficient (Wildman–Crippen LogP) is 1.33. The van der Waals surface area contributed by atoms with E-state index in [4.69, 9.17) is 5.73 Å². The van der Waals surface area contributed by atoms with E-state index in [0.29, 0.717) is 6.04 Å². The summed E-state index contributed by atoms with van der Waals surface area (Å²) in [4.78, 5) is 2.60. The molecule has 0 unspecified atom stereocenters. The van der Waals surface area contributed by atoms with E-state index in [2.05, 4.69) is 10.2 Å². The maximum Gasteiger partial charge on any atom is 0.00682 e. The summed E-state index contributed by atoms with van der Waals surface area (Å²) in [5.41, 5.74) is 5.90. The maximum absolute atomic E-state index is 5.90. The van der Waals surface area contributed by atoms with Crippen molar-refractivity contribution in [2.24, 2.45) is 5.73 Å². The van der Waals surface area contributed by atoms with E-state index in [-0.39, 0.29) is 0 Å². The molecule has 2 fully saturated rings. The molecule has 3 nitrogen and oxygen atoms in total. The van der Waals surface area contributed by atoms with Gasteiger partial charge in [0.25, 0.3) is 0 Å². The molecule has 0 amide bonds. The van der Waals surface area contributed by atoms with Crippen LogP contribution in [-0.2, 0) is 0 Å². The SMILES string of the molecule is NC1CCC(NCCCN2CCCC2)CC1. The van der Waals surface area contributed by atoms with Crippen molar-refractivity contribution in [1.82, 2.24) is 10.2 Å². The lowest BCUT2D eigenvalue weighted by Gasteiger charge is -2.27. The molecule has 1 aliphatic heterocycles. The van der Waals surface area contributed by atoms with Crippen molar-refractivity contribution in [3.8, 4) is 0 Å². The zero-order valence-electron chi connectivity index (χ0n) is 10.5. The molecule has 1 heterocycles. The lowest BCUT2D eigenvalue weighted by molar-refractivity contribution is 0.309. The van der Waals surface area contributed by atoms with Gasteiger partial charge in [-0.2, -0.15) is 0 Å². The van der Waals surface area contributed by atoms with Crippen LogP contribution < -0.4 is 11.1 Å². The smallest absolute Gasteiger partial charge is 0.00682 e. The fourth-order valence-electron chi connectivity index (χ4n) is 2.94. The third kappa shape index (κ3) is 4.04. The van der Waals surface area contributed by atoms with Crippen LogP contribution in [0.3, 0.4) is 0 Å². The van der Waals surface area contributed by atoms with Gasteiger partial charge in [0.2, 0.25) is 0 Å². The van der Waals surface area contributed by atoms with E-state index < -0.39 is 0 Å². The fourth-order valence-corrected chi connectivity index (χ4v) is 2.94. The molecule has 0 aromatic rings. The highest BCUT2D eigenvalue weighted by molar-refractivity contribution is 4.78. The zero-order chi connectivity index (χ0) is 11.2. The summed E-state index contributed by atoms with van der Waals surface area (Å²) in [5, 5.41) is 3.68. The summed E-state index contributed by atoms with van der Waals surface area (Å²) in [6.45, 7) is 5.15. The molecule has 0 aromatic heterocycles. The second kappa shape index (κ2) is 6.58. The molecule has 0 aromatic carbocycles. The van der Waals surface area contributed by atoms with Gasteiger partial charge < -0.3 is 16.0 Å². The van der Waals surface area contributed by atoms with Crippen molar-refractivity contribution in [2.75, 3.05) is 26.2 Å². The number of likely N-dealkylation sites (tertiary alicyclic amines) is 1. The molecule has 2 rings (SSSR count). The van der Waals surface area contributed by atoms with E-state index in [0.717, 1.165) is 6.04 Å². The number of nitrogens with zero attached hydrogens (tertiary/aromatic N) is 1. The summed E-state index contributed by atoms with van der Waals surface area (Å²) in [5.74, 6) is 0. The average Bonchev–Trinajstić information content (AvgIpc) is 2.80. The second-order valence-corrected chi connectivity index (χ2v) is 5.47. The van der Waals surface area contributed by atoms with Crippen LogP contribution in [0.4, 0.5) is 0 Å². The van der Waals surface area contributed by atoms with Gasteiger partial charge in [-0.1, -0.05) is 0 Å². The van der Waals surface area contributed by atoms with Crippen LogP contribution in [0.5, 0.6) is 0 Å². The van der Waals surface area contributed by atoms with Crippen LogP contribution in [0.25, 0.3) is 0 Å². The molecule has 0 radical (unpaired) electrons. The Morgan fingerprint density at radius 1 is 1.06 bits per heavy atom. The van der Waals surface area contributed by atoms with Crippen LogP contribution in [-0.4, -0.2) is 43.2 Å². The minimum absolute atomic E-state index is 0.475. The maximum atomic E-state index is 5.90. The Bertz CT molecular complexity index is 182. The van der Waals surface area contributed by atoms with Gasteiger partial charge in [-0.25, -0.2) is 0 Å². The van der Waals surface area contributed by atoms with E-state index >= 15 is 0 Å². The molecular formula is C13H27N3. The van der Waals surface area contributed by atoms with Crippen LogP contribution in [0.15, 0.2) is 0 Å². The molecule has 3 N–H and O–H groups in total. The monoisotopic (exact) mass is 225 g/mol. The third-order valence-electron chi connectivity index (χ3n) is 4.05. The Morgan fingerprint density at radius 2 is 1.75 bits per heavy atom. The number of nitrogens with one attached hydrogen (secondary N) is 1. The van der Waals surface area contributed by atoms with Crippen molar-refractivity contribution >= 4 is 0 Å². The molecule has 3 heteroatoms. The Morgan fingerprint density at radius 3 is 2.44 bits per heavy atom. The lowest BCUT2D eigenvalue weighted by Crippen LogP contribution is -2.38. The molecule has 1 saturated heterocycles. The third-order valence-corrected chi connectivity index (χ3v) is 4.05. The minimum Gasteiger partial charge on any atom is -0.328 e. The molecule has 0 bridgehead atoms. The van der Waals surface area contributed by atoms with Crippen molar-refractivity contribution in [3.05, 3.63) is 0 Å². The van der Waals surface area contributed by atoms with Gasteiger partial charge in [-0.3, -0.25) is 0 Å². The molecular weight excluding hydrogens is 198 g/mol. The van der Waals surface area contributed by atoms with E-state index in [9.17, 15) is 0 Å². The molecule has 16 heavy (non-hydrogen) atoms. The van der Waals surface area contributed by atoms with Gasteiger partial charge >= 0.3 is 0 Å². The van der Waals surface area contributed by atoms with Gasteiger partial charge in [0.15, 0.2) is 0 Å². The Balaban J connectivity index is 1.48. The predicted molar refractivity (Wildman–Crippen MR) is 68.5 cm³/mol. The average molecular weight is 225 g/mol. The Kier molecular flexibility index (Phi) is 5.07. The van der Waals surface area contributed by atoms with Gasteiger partial charge in [-0.15, -0.1) is 0 Å². The van der Waals surface area contributed by atoms with Crippen LogP contribution in [0.1, 0.15) is 44.9 Å². The summed E-state index contributed by atoms with van der Waals surface area (Å²) in [6, 6.07) is 1.22. The summed E-state index contributed by atoms with van der Waals surface area (Å²) < 4.78 is 0. The van der Waals surface area contributed by atoms with E-state index in [1.807, 2.05) is 0 Å². The zero-order valence-corrected chi connectivity index (χ0v) is 10.5. The van der Waals surface area contributed by atoms with E-state index in [1.165, 1.54) is 71.1 Å². The Hall–Kier alpha value is -0.120. The van der Waals surface area contributed by atoms with Crippen LogP contribution in [0, 0.1) is 0 Å². The van der Waals surface area contributed by atoms with Gasteiger partial charge in [0.05, 0.1) is 0 Å². The summed E-state index contributed by atoms with van der Waals surface area (Å²) in [6.07, 6.45) is 9.12. The number of hydrogen-bond donors (Lipinski definition) is 2. The van der Waals surface area contributed by atoms with Gasteiger partial charge in [-0.05, 0) is 71.1 Å². The molecule has 0 atom stereocenters.